The van der Waals surface area contributed by atoms with Crippen LogP contribution in [-0.4, -0.2) is 29.6 Å². The monoisotopic (exact) mass is 456 g/mol. The first-order chi connectivity index (χ1) is 15.4. The Hall–Kier alpha value is -1.42. The van der Waals surface area contributed by atoms with Gasteiger partial charge in [0.05, 0.1) is 7.11 Å². The second-order valence-electron chi connectivity index (χ2n) is 12.6. The number of fused-ring (bicyclic) bond motifs is 5. The maximum atomic E-state index is 13.1. The number of carbonyl (C=O) groups excluding carboxylic acids is 2. The SMILES string of the molecule is COC(=O)[C@]1(O)C[C@@]2(C)C(=CC[C@H]3[C@@H]4CC[C@H]([C@@H](C)/C=C/[C@@H](C)C(C)C)[C@@]4(C)CC[C@@H]32)C1=O. The van der Waals surface area contributed by atoms with Crippen LogP contribution in [0.3, 0.4) is 0 Å². The largest absolute Gasteiger partial charge is 0.467 e. The van der Waals surface area contributed by atoms with Gasteiger partial charge in [0.25, 0.3) is 0 Å². The van der Waals surface area contributed by atoms with Crippen molar-refractivity contribution in [3.05, 3.63) is 23.8 Å². The van der Waals surface area contributed by atoms with Crippen LogP contribution in [0.5, 0.6) is 0 Å². The van der Waals surface area contributed by atoms with Crippen molar-refractivity contribution >= 4 is 11.8 Å². The van der Waals surface area contributed by atoms with Crippen LogP contribution >= 0.6 is 0 Å². The summed E-state index contributed by atoms with van der Waals surface area (Å²) in [7, 11) is 1.25. The summed E-state index contributed by atoms with van der Waals surface area (Å²) in [5.41, 5.74) is -1.47. The van der Waals surface area contributed by atoms with E-state index in [0.717, 1.165) is 19.3 Å². The Labute approximate surface area is 200 Å². The first kappa shape index (κ1) is 24.7. The lowest BCUT2D eigenvalue weighted by molar-refractivity contribution is -0.166. The van der Waals surface area contributed by atoms with Crippen molar-refractivity contribution in [2.24, 2.45) is 52.3 Å². The molecule has 184 valence electrons. The normalized spacial score (nSPS) is 44.3. The molecule has 3 saturated carbocycles. The lowest BCUT2D eigenvalue weighted by atomic mass is 9.49. The van der Waals surface area contributed by atoms with Gasteiger partial charge >= 0.3 is 5.97 Å². The molecular weight excluding hydrogens is 412 g/mol. The highest BCUT2D eigenvalue weighted by Crippen LogP contribution is 2.68. The van der Waals surface area contributed by atoms with Crippen LogP contribution in [0.2, 0.25) is 0 Å². The molecule has 4 rings (SSSR count). The molecule has 0 bridgehead atoms. The minimum absolute atomic E-state index is 0.164. The Morgan fingerprint density at radius 3 is 2.45 bits per heavy atom. The average Bonchev–Trinajstić information content (AvgIpc) is 3.23. The van der Waals surface area contributed by atoms with Gasteiger partial charge < -0.3 is 9.84 Å². The third kappa shape index (κ3) is 3.58. The summed E-state index contributed by atoms with van der Waals surface area (Å²) < 4.78 is 4.83. The zero-order valence-electron chi connectivity index (χ0n) is 21.7. The van der Waals surface area contributed by atoms with Crippen molar-refractivity contribution in [3.8, 4) is 0 Å². The van der Waals surface area contributed by atoms with E-state index in [-0.39, 0.29) is 6.42 Å². The third-order valence-electron chi connectivity index (χ3n) is 10.7. The molecule has 4 heteroatoms. The Morgan fingerprint density at radius 2 is 1.82 bits per heavy atom. The highest BCUT2D eigenvalue weighted by Gasteiger charge is 2.67. The van der Waals surface area contributed by atoms with E-state index in [1.54, 1.807) is 0 Å². The molecule has 0 aromatic carbocycles. The van der Waals surface area contributed by atoms with E-state index in [2.05, 4.69) is 59.8 Å². The number of hydrogen-bond acceptors (Lipinski definition) is 4. The molecule has 9 atom stereocenters. The predicted molar refractivity (Wildman–Crippen MR) is 130 cm³/mol. The highest BCUT2D eigenvalue weighted by atomic mass is 16.5. The van der Waals surface area contributed by atoms with E-state index < -0.39 is 22.8 Å². The molecular formula is C29H44O4. The van der Waals surface area contributed by atoms with Crippen molar-refractivity contribution < 1.29 is 19.4 Å². The molecule has 0 unspecified atom stereocenters. The van der Waals surface area contributed by atoms with E-state index in [0.29, 0.717) is 52.4 Å². The summed E-state index contributed by atoms with van der Waals surface area (Å²) >= 11 is 0. The minimum Gasteiger partial charge on any atom is -0.467 e. The zero-order chi connectivity index (χ0) is 24.3. The molecule has 0 saturated heterocycles. The maximum absolute atomic E-state index is 13.1. The van der Waals surface area contributed by atoms with Gasteiger partial charge in [0.1, 0.15) is 0 Å². The molecule has 0 spiro atoms. The van der Waals surface area contributed by atoms with E-state index in [1.807, 2.05) is 0 Å². The van der Waals surface area contributed by atoms with Gasteiger partial charge in [0, 0.05) is 17.4 Å². The number of esters is 1. The number of hydrogen-bond donors (Lipinski definition) is 1. The van der Waals surface area contributed by atoms with Gasteiger partial charge in [-0.3, -0.25) is 4.79 Å². The van der Waals surface area contributed by atoms with E-state index >= 15 is 0 Å². The number of carbonyl (C=O) groups is 2. The first-order valence-electron chi connectivity index (χ1n) is 13.1. The van der Waals surface area contributed by atoms with Crippen molar-refractivity contribution in [1.29, 1.82) is 0 Å². The number of Topliss-reactive ketones (excluding diaryl/α,β-unsaturated/α-hetero) is 1. The smallest absolute Gasteiger partial charge is 0.346 e. The fourth-order valence-electron chi connectivity index (χ4n) is 8.45. The molecule has 0 heterocycles. The zero-order valence-corrected chi connectivity index (χ0v) is 21.7. The van der Waals surface area contributed by atoms with E-state index in [9.17, 15) is 14.7 Å². The van der Waals surface area contributed by atoms with Crippen LogP contribution in [0.15, 0.2) is 23.8 Å². The molecule has 0 aromatic heterocycles. The van der Waals surface area contributed by atoms with Crippen LogP contribution in [0.4, 0.5) is 0 Å². The molecule has 4 nitrogen and oxygen atoms in total. The van der Waals surface area contributed by atoms with Crippen molar-refractivity contribution in [2.45, 2.75) is 85.7 Å². The lowest BCUT2D eigenvalue weighted by Gasteiger charge is -2.55. The third-order valence-corrected chi connectivity index (χ3v) is 10.7. The van der Waals surface area contributed by atoms with Gasteiger partial charge in [-0.25, -0.2) is 4.79 Å². The number of aliphatic hydroxyl groups is 1. The van der Waals surface area contributed by atoms with Crippen LogP contribution in [0, 0.1) is 52.3 Å². The number of methoxy groups -OCH3 is 1. The summed E-state index contributed by atoms with van der Waals surface area (Å²) in [6.07, 6.45) is 12.8. The van der Waals surface area contributed by atoms with Gasteiger partial charge in [-0.05, 0) is 78.9 Å². The van der Waals surface area contributed by atoms with Crippen LogP contribution < -0.4 is 0 Å². The molecule has 4 aliphatic carbocycles. The topological polar surface area (TPSA) is 63.6 Å². The quantitative estimate of drug-likeness (QED) is 0.325. The summed E-state index contributed by atoms with van der Waals surface area (Å²) in [4.78, 5) is 25.5. The van der Waals surface area contributed by atoms with Crippen molar-refractivity contribution in [1.82, 2.24) is 0 Å². The highest BCUT2D eigenvalue weighted by molar-refractivity contribution is 6.18. The maximum Gasteiger partial charge on any atom is 0.346 e. The number of allylic oxidation sites excluding steroid dienone is 3. The van der Waals surface area contributed by atoms with Crippen LogP contribution in [0.1, 0.15) is 80.1 Å². The summed E-state index contributed by atoms with van der Waals surface area (Å²) in [6.45, 7) is 13.9. The lowest BCUT2D eigenvalue weighted by Crippen LogP contribution is -2.49. The van der Waals surface area contributed by atoms with Gasteiger partial charge in [-0.1, -0.05) is 59.8 Å². The van der Waals surface area contributed by atoms with E-state index in [1.165, 1.54) is 20.0 Å². The van der Waals surface area contributed by atoms with Crippen molar-refractivity contribution in [2.75, 3.05) is 7.11 Å². The summed E-state index contributed by atoms with van der Waals surface area (Å²) in [6, 6.07) is 0. The second-order valence-corrected chi connectivity index (χ2v) is 12.6. The van der Waals surface area contributed by atoms with Gasteiger partial charge in [0.15, 0.2) is 0 Å². The van der Waals surface area contributed by atoms with Crippen LogP contribution in [-0.2, 0) is 14.3 Å². The van der Waals surface area contributed by atoms with Gasteiger partial charge in [0.2, 0.25) is 11.4 Å². The standard InChI is InChI=1S/C29H44O4/c1-17(2)18(3)8-9-19(4)21-12-13-22-20-10-11-24-25(30)29(32,26(31)33-7)16-28(24,6)23(20)14-15-27(21,22)5/h8-9,11,17-23,32H,10,12-16H2,1-7H3/b9-8+/t18-,19+,20+,21-,22+,23+,27-,28-,29+/m1/s1. The Bertz CT molecular complexity index is 871. The fourth-order valence-corrected chi connectivity index (χ4v) is 8.45. The van der Waals surface area contributed by atoms with E-state index in [4.69, 9.17) is 4.74 Å². The number of ether oxygens (including phenoxy) is 1. The first-order valence-corrected chi connectivity index (χ1v) is 13.1. The Kier molecular flexibility index (Phi) is 6.26. The molecule has 0 aliphatic heterocycles. The molecule has 0 aromatic rings. The predicted octanol–water partition coefficient (Wildman–Crippen LogP) is 5.74. The minimum atomic E-state index is -2.02. The van der Waals surface area contributed by atoms with Gasteiger partial charge in [-0.15, -0.1) is 0 Å². The molecule has 4 aliphatic rings. The molecule has 0 radical (unpaired) electrons. The molecule has 3 fully saturated rings. The molecule has 1 N–H and O–H groups in total. The molecule has 33 heavy (non-hydrogen) atoms. The Morgan fingerprint density at radius 1 is 1.12 bits per heavy atom. The van der Waals surface area contributed by atoms with Gasteiger partial charge in [-0.2, -0.15) is 0 Å². The fraction of sp³-hybridized carbons (Fsp3) is 0.793. The summed E-state index contributed by atoms with van der Waals surface area (Å²) in [5, 5.41) is 11.0. The average molecular weight is 457 g/mol. The summed E-state index contributed by atoms with van der Waals surface area (Å²) in [5.74, 6) is 2.78. The molecule has 0 amide bonds. The number of rotatable bonds is 5. The van der Waals surface area contributed by atoms with Crippen molar-refractivity contribution in [3.63, 3.8) is 0 Å². The number of ketones is 1. The Balaban J connectivity index is 1.58. The van der Waals surface area contributed by atoms with Crippen LogP contribution in [0.25, 0.3) is 0 Å². The second kappa shape index (κ2) is 8.36.